The second kappa shape index (κ2) is 7.20. The summed E-state index contributed by atoms with van der Waals surface area (Å²) in [6.07, 6.45) is 1.17. The molecule has 1 heterocycles. The molecule has 1 aromatic rings. The summed E-state index contributed by atoms with van der Waals surface area (Å²) >= 11 is 0. The number of nitrogens with one attached hydrogen (secondary N) is 1. The molecule has 1 unspecified atom stereocenters. The van der Waals surface area contributed by atoms with Crippen molar-refractivity contribution in [3.05, 3.63) is 5.82 Å². The fourth-order valence-electron chi connectivity index (χ4n) is 3.49. The molecule has 0 radical (unpaired) electrons. The van der Waals surface area contributed by atoms with Gasteiger partial charge in [0, 0.05) is 33.0 Å². The van der Waals surface area contributed by atoms with Gasteiger partial charge in [0.1, 0.15) is 5.60 Å². The highest BCUT2D eigenvalue weighted by Gasteiger charge is 2.55. The van der Waals surface area contributed by atoms with Gasteiger partial charge in [0.15, 0.2) is 5.82 Å². The minimum Gasteiger partial charge on any atom is -0.444 e. The third-order valence-corrected chi connectivity index (χ3v) is 5.40. The molecule has 10 heteroatoms. The van der Waals surface area contributed by atoms with E-state index >= 15 is 0 Å². The Morgan fingerprint density at radius 3 is 2.50 bits per heavy atom. The molecule has 0 bridgehead atoms. The average molecular weight is 400 g/mol. The van der Waals surface area contributed by atoms with Crippen LogP contribution >= 0.6 is 0 Å². The first-order chi connectivity index (χ1) is 12.9. The molecule has 2 fully saturated rings. The number of carbonyl (C=O) groups excluding carboxylic acids is 1. The lowest BCUT2D eigenvalue weighted by Crippen LogP contribution is -2.56. The maximum atomic E-state index is 13.6. The number of hydrogen-bond donors (Lipinski definition) is 1. The van der Waals surface area contributed by atoms with Crippen molar-refractivity contribution in [1.82, 2.24) is 30.4 Å². The second-order valence-electron chi connectivity index (χ2n) is 9.17. The number of carbonyl (C=O) groups is 1. The summed E-state index contributed by atoms with van der Waals surface area (Å²) < 4.78 is 34.3. The maximum Gasteiger partial charge on any atom is 0.410 e. The average Bonchev–Trinajstić information content (AvgIpc) is 3.27. The van der Waals surface area contributed by atoms with Gasteiger partial charge in [-0.3, -0.25) is 0 Å². The topological polar surface area (TPSA) is 85.2 Å². The summed E-state index contributed by atoms with van der Waals surface area (Å²) in [4.78, 5) is 13.6. The summed E-state index contributed by atoms with van der Waals surface area (Å²) in [6, 6.07) is 0.246. The number of amides is 1. The first kappa shape index (κ1) is 20.9. The number of likely N-dealkylation sites (N-methyl/N-ethyl adjacent to an activating group) is 1. The fourth-order valence-corrected chi connectivity index (χ4v) is 3.49. The molecular formula is C18H30F2N6O2. The molecule has 3 rings (SSSR count). The van der Waals surface area contributed by atoms with Crippen LogP contribution in [0.3, 0.4) is 0 Å². The van der Waals surface area contributed by atoms with Crippen LogP contribution in [-0.4, -0.2) is 62.9 Å². The standard InChI is InChI=1S/C18H30F2N6O2/c1-16(2,3)28-15(27)25(5)9-8-21-17(4,12-10-18(19,20)11-12)14-22-23-24-26(14)13-6-7-13/h12-13,21H,6-11H2,1-5H3. The van der Waals surface area contributed by atoms with E-state index < -0.39 is 23.2 Å². The molecule has 28 heavy (non-hydrogen) atoms. The Balaban J connectivity index is 1.67. The summed E-state index contributed by atoms with van der Waals surface area (Å²) in [6.45, 7) is 8.09. The van der Waals surface area contributed by atoms with E-state index in [4.69, 9.17) is 4.74 Å². The van der Waals surface area contributed by atoms with E-state index in [9.17, 15) is 13.6 Å². The highest BCUT2D eigenvalue weighted by atomic mass is 19.3. The van der Waals surface area contributed by atoms with Crippen molar-refractivity contribution in [2.24, 2.45) is 5.92 Å². The number of halogens is 2. The molecule has 8 nitrogen and oxygen atoms in total. The SMILES string of the molecule is CN(CCNC(C)(c1nnnn1C1CC1)C1CC(F)(F)C1)C(=O)OC(C)(C)C. The lowest BCUT2D eigenvalue weighted by Gasteiger charge is -2.46. The van der Waals surface area contributed by atoms with Gasteiger partial charge in [0.05, 0.1) is 11.6 Å². The van der Waals surface area contributed by atoms with Gasteiger partial charge in [-0.1, -0.05) is 0 Å². The maximum absolute atomic E-state index is 13.6. The van der Waals surface area contributed by atoms with Crippen molar-refractivity contribution < 1.29 is 18.3 Å². The highest BCUT2D eigenvalue weighted by molar-refractivity contribution is 5.67. The molecule has 2 aliphatic carbocycles. The van der Waals surface area contributed by atoms with Gasteiger partial charge in [0.25, 0.3) is 0 Å². The van der Waals surface area contributed by atoms with Crippen molar-refractivity contribution in [2.75, 3.05) is 20.1 Å². The zero-order valence-electron chi connectivity index (χ0n) is 17.2. The van der Waals surface area contributed by atoms with Crippen LogP contribution in [0, 0.1) is 5.92 Å². The van der Waals surface area contributed by atoms with Crippen LogP contribution in [0.4, 0.5) is 13.6 Å². The van der Waals surface area contributed by atoms with Crippen molar-refractivity contribution in [3.63, 3.8) is 0 Å². The van der Waals surface area contributed by atoms with Crippen LogP contribution in [0.5, 0.6) is 0 Å². The van der Waals surface area contributed by atoms with Gasteiger partial charge < -0.3 is 15.0 Å². The van der Waals surface area contributed by atoms with Crippen LogP contribution < -0.4 is 5.32 Å². The van der Waals surface area contributed by atoms with E-state index in [1.54, 1.807) is 11.7 Å². The molecule has 0 spiro atoms. The summed E-state index contributed by atoms with van der Waals surface area (Å²) in [5.41, 5.74) is -1.36. The zero-order chi connectivity index (χ0) is 20.7. The van der Waals surface area contributed by atoms with Crippen molar-refractivity contribution in [1.29, 1.82) is 0 Å². The summed E-state index contributed by atoms with van der Waals surface area (Å²) in [7, 11) is 1.65. The summed E-state index contributed by atoms with van der Waals surface area (Å²) in [5, 5.41) is 15.4. The van der Waals surface area contributed by atoms with E-state index in [1.165, 1.54) is 4.90 Å². The highest BCUT2D eigenvalue weighted by Crippen LogP contribution is 2.51. The third kappa shape index (κ3) is 4.59. The van der Waals surface area contributed by atoms with Crippen LogP contribution in [0.25, 0.3) is 0 Å². The molecule has 0 saturated heterocycles. The lowest BCUT2D eigenvalue weighted by molar-refractivity contribution is -0.136. The van der Waals surface area contributed by atoms with Crippen LogP contribution in [-0.2, 0) is 10.3 Å². The Labute approximate surface area is 164 Å². The van der Waals surface area contributed by atoms with Crippen molar-refractivity contribution in [3.8, 4) is 0 Å². The number of ether oxygens (including phenoxy) is 1. The Bertz CT molecular complexity index is 707. The van der Waals surface area contributed by atoms with Crippen LogP contribution in [0.1, 0.15) is 65.2 Å². The van der Waals surface area contributed by atoms with E-state index in [0.717, 1.165) is 12.8 Å². The minimum absolute atomic E-state index is 0.198. The van der Waals surface area contributed by atoms with E-state index in [1.807, 2.05) is 27.7 Å². The largest absolute Gasteiger partial charge is 0.444 e. The van der Waals surface area contributed by atoms with Crippen LogP contribution in [0.15, 0.2) is 0 Å². The molecule has 1 atom stereocenters. The Morgan fingerprint density at radius 1 is 1.32 bits per heavy atom. The molecule has 2 aliphatic rings. The fraction of sp³-hybridized carbons (Fsp3) is 0.889. The van der Waals surface area contributed by atoms with Crippen LogP contribution in [0.2, 0.25) is 0 Å². The monoisotopic (exact) mass is 400 g/mol. The lowest BCUT2D eigenvalue weighted by atomic mass is 9.68. The zero-order valence-corrected chi connectivity index (χ0v) is 17.2. The van der Waals surface area contributed by atoms with Gasteiger partial charge in [-0.05, 0) is 56.9 Å². The quantitative estimate of drug-likeness (QED) is 0.758. The number of hydrogen-bond acceptors (Lipinski definition) is 6. The van der Waals surface area contributed by atoms with Crippen molar-refractivity contribution in [2.45, 2.75) is 76.5 Å². The third-order valence-electron chi connectivity index (χ3n) is 5.40. The molecule has 2 saturated carbocycles. The molecule has 0 aliphatic heterocycles. The smallest absolute Gasteiger partial charge is 0.410 e. The van der Waals surface area contributed by atoms with Gasteiger partial charge >= 0.3 is 6.09 Å². The van der Waals surface area contributed by atoms with E-state index in [-0.39, 0.29) is 24.8 Å². The molecular weight excluding hydrogens is 370 g/mol. The number of rotatable bonds is 7. The van der Waals surface area contributed by atoms with Crippen molar-refractivity contribution >= 4 is 6.09 Å². The van der Waals surface area contributed by atoms with Gasteiger partial charge in [-0.25, -0.2) is 18.3 Å². The molecule has 1 N–H and O–H groups in total. The normalized spacial score (nSPS) is 21.7. The van der Waals surface area contributed by atoms with E-state index in [0.29, 0.717) is 18.9 Å². The Hall–Kier alpha value is -1.84. The number of nitrogens with zero attached hydrogens (tertiary/aromatic N) is 5. The van der Waals surface area contributed by atoms with Gasteiger partial charge in [-0.15, -0.1) is 5.10 Å². The van der Waals surface area contributed by atoms with E-state index in [2.05, 4.69) is 20.8 Å². The molecule has 158 valence electrons. The molecule has 1 amide bonds. The second-order valence-corrected chi connectivity index (χ2v) is 9.17. The first-order valence-corrected chi connectivity index (χ1v) is 9.77. The number of tetrazole rings is 1. The summed E-state index contributed by atoms with van der Waals surface area (Å²) in [5.74, 6) is -2.33. The molecule has 0 aromatic carbocycles. The minimum atomic E-state index is -2.64. The Kier molecular flexibility index (Phi) is 5.37. The Morgan fingerprint density at radius 2 is 1.96 bits per heavy atom. The first-order valence-electron chi connectivity index (χ1n) is 9.77. The molecule has 1 aromatic heterocycles. The predicted molar refractivity (Wildman–Crippen MR) is 98.0 cm³/mol. The van der Waals surface area contributed by atoms with Gasteiger partial charge in [0.2, 0.25) is 5.92 Å². The number of alkyl halides is 2. The van der Waals surface area contributed by atoms with Gasteiger partial charge in [-0.2, -0.15) is 0 Å². The predicted octanol–water partition coefficient (Wildman–Crippen LogP) is 2.72. The number of aromatic nitrogens is 4.